The summed E-state index contributed by atoms with van der Waals surface area (Å²) in [6, 6.07) is 46.0. The first-order valence-corrected chi connectivity index (χ1v) is 22.3. The minimum absolute atomic E-state index is 0.548. The molecule has 3 aliphatic carbocycles. The highest BCUT2D eigenvalue weighted by Gasteiger charge is 2.34. The summed E-state index contributed by atoms with van der Waals surface area (Å²) in [6.07, 6.45) is 14.2. The third kappa shape index (κ3) is 5.11. The molecule has 2 aromatic heterocycles. The fraction of sp³-hybridized carbons (Fsp3) is 0.107. The number of aromatic amines is 1. The first kappa shape index (κ1) is 34.2. The van der Waals surface area contributed by atoms with E-state index < -0.39 is 0 Å². The van der Waals surface area contributed by atoms with Gasteiger partial charge in [0.1, 0.15) is 0 Å². The van der Waals surface area contributed by atoms with Crippen LogP contribution in [0.2, 0.25) is 0 Å². The first-order valence-electron chi connectivity index (χ1n) is 21.3. The van der Waals surface area contributed by atoms with Crippen LogP contribution in [0.25, 0.3) is 77.0 Å². The van der Waals surface area contributed by atoms with Crippen LogP contribution in [0, 0.1) is 18.8 Å². The fourth-order valence-electron chi connectivity index (χ4n) is 10.6. The molecule has 7 aromatic carbocycles. The molecule has 4 aliphatic rings. The lowest BCUT2D eigenvalue weighted by Crippen LogP contribution is -2.41. The van der Waals surface area contributed by atoms with Gasteiger partial charge in [-0.1, -0.05) is 144 Å². The van der Waals surface area contributed by atoms with Crippen LogP contribution in [0.15, 0.2) is 145 Å². The number of nitrogens with zero attached hydrogens (tertiary/aromatic N) is 1. The van der Waals surface area contributed by atoms with E-state index in [1.54, 1.807) is 5.57 Å². The molecule has 4 heteroatoms. The average Bonchev–Trinajstić information content (AvgIpc) is 3.94. The second-order valence-electron chi connectivity index (χ2n) is 16.9. The molecule has 0 spiro atoms. The molecule has 281 valence electrons. The maximum absolute atomic E-state index is 3.99. The Morgan fingerprint density at radius 1 is 0.700 bits per heavy atom. The van der Waals surface area contributed by atoms with Gasteiger partial charge < -0.3 is 9.88 Å². The topological polar surface area (TPSA) is 19.0 Å². The van der Waals surface area contributed by atoms with Gasteiger partial charge >= 0.3 is 0 Å². The van der Waals surface area contributed by atoms with Crippen LogP contribution in [-0.2, 0) is 12.8 Å². The number of rotatable bonds is 3. The zero-order chi connectivity index (χ0) is 39.5. The van der Waals surface area contributed by atoms with E-state index in [0.717, 1.165) is 32.1 Å². The van der Waals surface area contributed by atoms with Gasteiger partial charge in [0.15, 0.2) is 7.28 Å². The highest BCUT2D eigenvalue weighted by molar-refractivity contribution is 7.39. The molecule has 0 saturated heterocycles. The molecule has 9 aromatic rings. The molecule has 0 saturated carbocycles. The Bertz CT molecular complexity index is 3520. The number of aryl methyl sites for hydroxylation is 1. The van der Waals surface area contributed by atoms with Crippen LogP contribution < -0.4 is 15.8 Å². The van der Waals surface area contributed by atoms with Crippen molar-refractivity contribution in [3.8, 4) is 34.1 Å². The number of aromatic nitrogens is 1. The molecule has 2 nitrogen and oxygen atoms in total. The molecular weight excluding hydrogens is 742 g/mol. The van der Waals surface area contributed by atoms with Gasteiger partial charge in [-0.15, -0.1) is 8.19 Å². The number of hydrogen-bond acceptors (Lipinski definition) is 1. The van der Waals surface area contributed by atoms with E-state index in [-0.39, 0.29) is 0 Å². The second-order valence-corrected chi connectivity index (χ2v) is 18.3. The van der Waals surface area contributed by atoms with Crippen molar-refractivity contribution >= 4 is 98.2 Å². The maximum atomic E-state index is 3.99. The molecule has 0 amide bonds. The lowest BCUT2D eigenvalue weighted by Gasteiger charge is -2.36. The molecule has 1 unspecified atom stereocenters. The van der Waals surface area contributed by atoms with Crippen LogP contribution >= 0.6 is 8.19 Å². The molecule has 3 heterocycles. The fourth-order valence-corrected chi connectivity index (χ4v) is 12.2. The van der Waals surface area contributed by atoms with Crippen LogP contribution in [0.5, 0.6) is 0 Å². The summed E-state index contributed by atoms with van der Waals surface area (Å²) in [5.74, 6) is 6.92. The number of H-pyrrole nitrogens is 1. The van der Waals surface area contributed by atoms with Gasteiger partial charge in [-0.3, -0.25) is 0 Å². The number of hydrogen-bond donors (Lipinski definition) is 1. The van der Waals surface area contributed by atoms with E-state index in [4.69, 9.17) is 0 Å². The molecule has 0 bridgehead atoms. The Kier molecular flexibility index (Phi) is 7.49. The van der Waals surface area contributed by atoms with E-state index >= 15 is 0 Å². The second kappa shape index (κ2) is 13.1. The predicted octanol–water partition coefficient (Wildman–Crippen LogP) is 13.4. The van der Waals surface area contributed by atoms with Crippen molar-refractivity contribution in [1.29, 1.82) is 0 Å². The Morgan fingerprint density at radius 3 is 2.50 bits per heavy atom. The van der Waals surface area contributed by atoms with E-state index in [0.29, 0.717) is 8.19 Å². The summed E-state index contributed by atoms with van der Waals surface area (Å²) in [6.45, 7) is 2.19. The summed E-state index contributed by atoms with van der Waals surface area (Å²) in [7, 11) is 3.05. The molecule has 0 fully saturated rings. The number of benzene rings is 7. The first-order chi connectivity index (χ1) is 29.6. The standard InChI is InChI=1S/C56H39BN2P/c1-33-13-10-17-34(27-33)37-25-26-47-50(31-37)59(49-23-12-20-40-39-18-9-8-16-38(39)29-45(40)49)51-32-46-41-19-4-2-3-5-24-52(41)60-56(46)53(54(51)57-47)43-22-11-21-42-44-28-35-14-6-7-15-36(35)30-48(44)58-55(42)43/h4,6-7,9-15,17-23,25-28,30-32,58,60H,2,8,16,24,29H2,1H3. The smallest absolute Gasteiger partial charge is 0.197 e. The zero-order valence-corrected chi connectivity index (χ0v) is 34.4. The maximum Gasteiger partial charge on any atom is 0.197 e. The highest BCUT2D eigenvalue weighted by atomic mass is 31.0. The summed E-state index contributed by atoms with van der Waals surface area (Å²) in [5.41, 5.74) is 22.2. The van der Waals surface area contributed by atoms with Crippen LogP contribution in [0.4, 0.5) is 17.1 Å². The quantitative estimate of drug-likeness (QED) is 0.140. The van der Waals surface area contributed by atoms with E-state index in [1.807, 2.05) is 0 Å². The third-order valence-electron chi connectivity index (χ3n) is 13.4. The van der Waals surface area contributed by atoms with Crippen molar-refractivity contribution in [2.24, 2.45) is 0 Å². The van der Waals surface area contributed by atoms with E-state index in [1.165, 1.54) is 126 Å². The molecule has 60 heavy (non-hydrogen) atoms. The summed E-state index contributed by atoms with van der Waals surface area (Å²) >= 11 is 0. The Balaban J connectivity index is 1.13. The molecular formula is C56H39BN2P. The largest absolute Gasteiger partial charge is 0.354 e. The monoisotopic (exact) mass is 781 g/mol. The lowest BCUT2D eigenvalue weighted by molar-refractivity contribution is 0.934. The van der Waals surface area contributed by atoms with Crippen LogP contribution in [0.3, 0.4) is 0 Å². The summed E-state index contributed by atoms with van der Waals surface area (Å²) < 4.78 is 0. The number of fused-ring (bicyclic) bond motifs is 11. The zero-order valence-electron chi connectivity index (χ0n) is 33.4. The van der Waals surface area contributed by atoms with Gasteiger partial charge in [0.2, 0.25) is 0 Å². The minimum atomic E-state index is 0.548. The van der Waals surface area contributed by atoms with Crippen molar-refractivity contribution < 1.29 is 0 Å². The van der Waals surface area contributed by atoms with Gasteiger partial charge in [-0.25, -0.2) is 0 Å². The Morgan fingerprint density at radius 2 is 1.57 bits per heavy atom. The molecule has 1 aliphatic heterocycles. The van der Waals surface area contributed by atoms with Gasteiger partial charge in [0.25, 0.3) is 0 Å². The number of allylic oxidation sites excluding steroid dienone is 5. The van der Waals surface area contributed by atoms with Crippen molar-refractivity contribution in [3.63, 3.8) is 0 Å². The lowest BCUT2D eigenvalue weighted by atomic mass is 9.58. The normalized spacial score (nSPS) is 15.1. The summed E-state index contributed by atoms with van der Waals surface area (Å²) in [5, 5.41) is 9.27. The van der Waals surface area contributed by atoms with Gasteiger partial charge in [-0.05, 0) is 122 Å². The Labute approximate surface area is 352 Å². The number of para-hydroxylation sites is 1. The molecule has 1 radical (unpaired) electrons. The van der Waals surface area contributed by atoms with Gasteiger partial charge in [0.05, 0.1) is 11.2 Å². The number of anilines is 3. The SMILES string of the molecule is Cc1cccc(-c2ccc3c(c2)N(c2cccc4c2CC2=C4C=CCC2)c2cc4c5c([pH]c4c(-c4cccc6c4[nH]c4cc7ccccc7cc46)c2[B]3)CC#CCC=C5)c1. The Hall–Kier alpha value is -6.72. The van der Waals surface area contributed by atoms with Gasteiger partial charge in [-0.2, -0.15) is 0 Å². The molecule has 13 rings (SSSR count). The van der Waals surface area contributed by atoms with Gasteiger partial charge in [0, 0.05) is 51.2 Å². The van der Waals surface area contributed by atoms with Crippen molar-refractivity contribution in [2.75, 3.05) is 4.90 Å². The average molecular weight is 782 g/mol. The minimum Gasteiger partial charge on any atom is -0.354 e. The van der Waals surface area contributed by atoms with Crippen LogP contribution in [0.1, 0.15) is 46.8 Å². The van der Waals surface area contributed by atoms with Crippen molar-refractivity contribution in [2.45, 2.75) is 39.0 Å². The molecule has 1 N–H and O–H groups in total. The van der Waals surface area contributed by atoms with E-state index in [9.17, 15) is 0 Å². The third-order valence-corrected chi connectivity index (χ3v) is 14.9. The summed E-state index contributed by atoms with van der Waals surface area (Å²) in [4.78, 5) is 6.63. The van der Waals surface area contributed by atoms with Crippen LogP contribution in [-0.4, -0.2) is 12.3 Å². The highest BCUT2D eigenvalue weighted by Crippen LogP contribution is 2.51. The van der Waals surface area contributed by atoms with E-state index in [2.05, 4.69) is 182 Å². The van der Waals surface area contributed by atoms with Crippen molar-refractivity contribution in [3.05, 3.63) is 173 Å². The predicted molar refractivity (Wildman–Crippen MR) is 260 cm³/mol. The molecule has 1 atom stereocenters. The van der Waals surface area contributed by atoms with Crippen molar-refractivity contribution in [1.82, 2.24) is 4.98 Å². The number of nitrogens with one attached hydrogen (secondary N) is 1.